The Morgan fingerprint density at radius 2 is 2.19 bits per heavy atom. The van der Waals surface area contributed by atoms with E-state index < -0.39 is 5.97 Å². The molecule has 16 heavy (non-hydrogen) atoms. The molecule has 0 aliphatic rings. The number of nitrogens with zero attached hydrogens (tertiary/aromatic N) is 3. The summed E-state index contributed by atoms with van der Waals surface area (Å²) in [7, 11) is 3.73. The van der Waals surface area contributed by atoms with E-state index in [2.05, 4.69) is 9.36 Å². The number of aromatic nitrogens is 2. The Morgan fingerprint density at radius 1 is 1.44 bits per heavy atom. The summed E-state index contributed by atoms with van der Waals surface area (Å²) in [5.74, 6) is -0.265. The SMILES string of the molecule is CN(C)c1nsc(-c2ccc(C(=O)O)s2)n1. The lowest BCUT2D eigenvalue weighted by Gasteiger charge is -2.03. The maximum atomic E-state index is 10.7. The van der Waals surface area contributed by atoms with Gasteiger partial charge in [-0.1, -0.05) is 0 Å². The summed E-state index contributed by atoms with van der Waals surface area (Å²) >= 11 is 2.48. The molecule has 0 saturated carbocycles. The van der Waals surface area contributed by atoms with E-state index in [-0.39, 0.29) is 0 Å². The van der Waals surface area contributed by atoms with E-state index in [0.29, 0.717) is 10.8 Å². The molecule has 0 bridgehead atoms. The highest BCUT2D eigenvalue weighted by Crippen LogP contribution is 2.30. The first kappa shape index (κ1) is 11.0. The van der Waals surface area contributed by atoms with Crippen LogP contribution in [-0.4, -0.2) is 34.5 Å². The van der Waals surface area contributed by atoms with Gasteiger partial charge < -0.3 is 10.0 Å². The van der Waals surface area contributed by atoms with Crippen LogP contribution in [0.1, 0.15) is 9.67 Å². The fraction of sp³-hybridized carbons (Fsp3) is 0.222. The molecule has 0 saturated heterocycles. The molecule has 1 N–H and O–H groups in total. The fourth-order valence-corrected chi connectivity index (χ4v) is 2.68. The number of hydrogen-bond acceptors (Lipinski definition) is 6. The lowest BCUT2D eigenvalue weighted by molar-refractivity contribution is 0.0702. The second-order valence-electron chi connectivity index (χ2n) is 3.26. The predicted molar refractivity (Wildman–Crippen MR) is 64.5 cm³/mol. The van der Waals surface area contributed by atoms with Crippen molar-refractivity contribution in [1.29, 1.82) is 0 Å². The van der Waals surface area contributed by atoms with E-state index in [9.17, 15) is 4.79 Å². The van der Waals surface area contributed by atoms with E-state index >= 15 is 0 Å². The molecule has 0 radical (unpaired) electrons. The molecule has 5 nitrogen and oxygen atoms in total. The number of aromatic carboxylic acids is 1. The van der Waals surface area contributed by atoms with Crippen molar-refractivity contribution in [3.63, 3.8) is 0 Å². The van der Waals surface area contributed by atoms with Gasteiger partial charge in [0.1, 0.15) is 4.88 Å². The molecular weight excluding hydrogens is 246 g/mol. The highest BCUT2D eigenvalue weighted by atomic mass is 32.1. The molecule has 0 atom stereocenters. The number of carboxylic acids is 1. The Labute approximate surface area is 100 Å². The number of anilines is 1. The molecule has 0 aromatic carbocycles. The third-order valence-electron chi connectivity index (χ3n) is 1.84. The summed E-state index contributed by atoms with van der Waals surface area (Å²) in [5, 5.41) is 9.56. The third kappa shape index (κ3) is 2.05. The van der Waals surface area contributed by atoms with Crippen LogP contribution in [0, 0.1) is 0 Å². The molecule has 2 rings (SSSR count). The molecule has 2 aromatic heterocycles. The Bertz CT molecular complexity index is 518. The summed E-state index contributed by atoms with van der Waals surface area (Å²) in [5.41, 5.74) is 0. The van der Waals surface area contributed by atoms with E-state index in [1.54, 1.807) is 12.1 Å². The zero-order chi connectivity index (χ0) is 11.7. The van der Waals surface area contributed by atoms with Gasteiger partial charge in [0.2, 0.25) is 5.95 Å². The minimum Gasteiger partial charge on any atom is -0.477 e. The maximum absolute atomic E-state index is 10.7. The maximum Gasteiger partial charge on any atom is 0.345 e. The Morgan fingerprint density at radius 3 is 2.69 bits per heavy atom. The predicted octanol–water partition coefficient (Wildman–Crippen LogP) is 2.03. The van der Waals surface area contributed by atoms with Gasteiger partial charge in [0.05, 0.1) is 4.88 Å². The van der Waals surface area contributed by atoms with E-state index in [4.69, 9.17) is 5.11 Å². The molecule has 2 heterocycles. The molecule has 0 aliphatic heterocycles. The van der Waals surface area contributed by atoms with Crippen LogP contribution in [0.25, 0.3) is 9.88 Å². The van der Waals surface area contributed by atoms with Crippen molar-refractivity contribution < 1.29 is 9.90 Å². The van der Waals surface area contributed by atoms with Crippen LogP contribution in [0.4, 0.5) is 5.95 Å². The molecule has 2 aromatic rings. The minimum atomic E-state index is -0.909. The number of thiophene rings is 1. The lowest BCUT2D eigenvalue weighted by atomic mass is 10.4. The number of hydrogen-bond donors (Lipinski definition) is 1. The molecule has 0 unspecified atom stereocenters. The van der Waals surface area contributed by atoms with E-state index in [1.165, 1.54) is 22.9 Å². The van der Waals surface area contributed by atoms with Crippen LogP contribution < -0.4 is 4.90 Å². The molecule has 0 aliphatic carbocycles. The van der Waals surface area contributed by atoms with Gasteiger partial charge in [0, 0.05) is 14.1 Å². The Hall–Kier alpha value is -1.47. The van der Waals surface area contributed by atoms with Crippen molar-refractivity contribution >= 4 is 34.8 Å². The van der Waals surface area contributed by atoms with Gasteiger partial charge in [0.15, 0.2) is 5.01 Å². The van der Waals surface area contributed by atoms with Crippen LogP contribution in [0.5, 0.6) is 0 Å². The molecule has 0 spiro atoms. The zero-order valence-corrected chi connectivity index (χ0v) is 10.3. The second-order valence-corrected chi connectivity index (χ2v) is 5.10. The van der Waals surface area contributed by atoms with Crippen molar-refractivity contribution in [1.82, 2.24) is 9.36 Å². The lowest BCUT2D eigenvalue weighted by Crippen LogP contribution is -2.09. The molecule has 84 valence electrons. The van der Waals surface area contributed by atoms with Crippen molar-refractivity contribution in [3.05, 3.63) is 17.0 Å². The standard InChI is InChI=1S/C9H9N3O2S2/c1-12(2)9-10-7(16-11-9)5-3-4-6(15-5)8(13)14/h3-4H,1-2H3,(H,13,14). The Balaban J connectivity index is 2.31. The number of rotatable bonds is 3. The van der Waals surface area contributed by atoms with E-state index in [0.717, 1.165) is 9.88 Å². The van der Waals surface area contributed by atoms with Gasteiger partial charge in [-0.3, -0.25) is 0 Å². The first-order valence-corrected chi connectivity index (χ1v) is 6.01. The first-order valence-electron chi connectivity index (χ1n) is 4.42. The smallest absolute Gasteiger partial charge is 0.345 e. The van der Waals surface area contributed by atoms with Crippen LogP contribution in [-0.2, 0) is 0 Å². The average Bonchev–Trinajstić information content (AvgIpc) is 2.86. The van der Waals surface area contributed by atoms with Gasteiger partial charge in [-0.2, -0.15) is 9.36 Å². The van der Waals surface area contributed by atoms with Gasteiger partial charge in [-0.25, -0.2) is 4.79 Å². The van der Waals surface area contributed by atoms with Gasteiger partial charge >= 0.3 is 5.97 Å². The van der Waals surface area contributed by atoms with Crippen molar-refractivity contribution in [2.75, 3.05) is 19.0 Å². The second kappa shape index (κ2) is 4.18. The van der Waals surface area contributed by atoms with Crippen molar-refractivity contribution in [3.8, 4) is 9.88 Å². The first-order chi connectivity index (χ1) is 7.58. The summed E-state index contributed by atoms with van der Waals surface area (Å²) in [6, 6.07) is 3.34. The number of carboxylic acid groups (broad SMARTS) is 1. The van der Waals surface area contributed by atoms with Crippen LogP contribution >= 0.6 is 22.9 Å². The van der Waals surface area contributed by atoms with Gasteiger partial charge in [0.25, 0.3) is 0 Å². The Kier molecular flexibility index (Phi) is 2.88. The van der Waals surface area contributed by atoms with E-state index in [1.807, 2.05) is 19.0 Å². The van der Waals surface area contributed by atoms with Crippen molar-refractivity contribution in [2.24, 2.45) is 0 Å². The normalized spacial score (nSPS) is 10.4. The minimum absolute atomic E-state index is 0.316. The van der Waals surface area contributed by atoms with Gasteiger partial charge in [-0.15, -0.1) is 11.3 Å². The van der Waals surface area contributed by atoms with Crippen molar-refractivity contribution in [2.45, 2.75) is 0 Å². The highest BCUT2D eigenvalue weighted by Gasteiger charge is 2.12. The zero-order valence-electron chi connectivity index (χ0n) is 8.67. The highest BCUT2D eigenvalue weighted by molar-refractivity contribution is 7.21. The largest absolute Gasteiger partial charge is 0.477 e. The van der Waals surface area contributed by atoms with Crippen LogP contribution in [0.2, 0.25) is 0 Å². The van der Waals surface area contributed by atoms with Crippen LogP contribution in [0.15, 0.2) is 12.1 Å². The summed E-state index contributed by atoms with van der Waals surface area (Å²) in [6.07, 6.45) is 0. The number of carbonyl (C=O) groups is 1. The molecule has 7 heteroatoms. The molecule has 0 fully saturated rings. The summed E-state index contributed by atoms with van der Waals surface area (Å²) in [4.78, 5) is 18.0. The van der Waals surface area contributed by atoms with Crippen LogP contribution in [0.3, 0.4) is 0 Å². The summed E-state index contributed by atoms with van der Waals surface area (Å²) < 4.78 is 4.16. The topological polar surface area (TPSA) is 66.3 Å². The monoisotopic (exact) mass is 255 g/mol. The van der Waals surface area contributed by atoms with Gasteiger partial charge in [-0.05, 0) is 23.7 Å². The molecular formula is C9H9N3O2S2. The third-order valence-corrected chi connectivity index (χ3v) is 3.79. The molecule has 0 amide bonds. The average molecular weight is 255 g/mol. The summed E-state index contributed by atoms with van der Waals surface area (Å²) in [6.45, 7) is 0. The quantitative estimate of drug-likeness (QED) is 0.909. The fourth-order valence-electron chi connectivity index (χ4n) is 1.07.